The maximum atomic E-state index is 12.7. The lowest BCUT2D eigenvalue weighted by atomic mass is 10.1. The Hall–Kier alpha value is -0.110. The van der Waals surface area contributed by atoms with Gasteiger partial charge in [-0.15, -0.1) is 11.3 Å². The lowest BCUT2D eigenvalue weighted by molar-refractivity contribution is -0.314. The smallest absolute Gasteiger partial charge is 0.382 e. The predicted molar refractivity (Wildman–Crippen MR) is 50.3 cm³/mol. The van der Waals surface area contributed by atoms with E-state index in [0.29, 0.717) is 11.3 Å². The molecular weight excluding hydrogens is 298 g/mol. The van der Waals surface area contributed by atoms with Crippen LogP contribution in [-0.4, -0.2) is 17.2 Å². The predicted octanol–water partition coefficient (Wildman–Crippen LogP) is 4.29. The van der Waals surface area contributed by atoms with Gasteiger partial charge >= 0.3 is 12.1 Å². The summed E-state index contributed by atoms with van der Waals surface area (Å²) in [7, 11) is 0. The molecule has 0 aliphatic rings. The molecule has 0 amide bonds. The van der Waals surface area contributed by atoms with Gasteiger partial charge in [-0.2, -0.15) is 22.0 Å². The molecule has 1 aromatic rings. The number of thiophene rings is 1. The normalized spacial score (nSPS) is 15.2. The fraction of sp³-hybridized carbons (Fsp3) is 0.429. The standard InChI is InChI=1S/C7H3Cl2F5OS/c8-3-1-2(5(9)16-3)4(15)6(10,11)7(12,13)14/h1,4,15H. The van der Waals surface area contributed by atoms with Gasteiger partial charge in [-0.1, -0.05) is 23.2 Å². The third kappa shape index (κ3) is 2.42. The molecule has 16 heavy (non-hydrogen) atoms. The van der Waals surface area contributed by atoms with Crippen LogP contribution < -0.4 is 0 Å². The van der Waals surface area contributed by atoms with Gasteiger partial charge in [0.05, 0.1) is 4.34 Å². The molecule has 92 valence electrons. The summed E-state index contributed by atoms with van der Waals surface area (Å²) in [6.07, 6.45) is -8.92. The van der Waals surface area contributed by atoms with Gasteiger partial charge in [0.2, 0.25) is 0 Å². The second-order valence-corrected chi connectivity index (χ2v) is 5.09. The topological polar surface area (TPSA) is 20.2 Å². The fourth-order valence-electron chi connectivity index (χ4n) is 0.890. The van der Waals surface area contributed by atoms with Gasteiger partial charge in [0, 0.05) is 5.56 Å². The van der Waals surface area contributed by atoms with Crippen molar-refractivity contribution in [3.05, 3.63) is 20.3 Å². The van der Waals surface area contributed by atoms with Crippen LogP contribution in [0.1, 0.15) is 11.7 Å². The molecule has 0 spiro atoms. The van der Waals surface area contributed by atoms with E-state index in [0.717, 1.165) is 6.07 Å². The van der Waals surface area contributed by atoms with E-state index >= 15 is 0 Å². The van der Waals surface area contributed by atoms with Crippen molar-refractivity contribution in [2.24, 2.45) is 0 Å². The first-order chi connectivity index (χ1) is 7.07. The maximum Gasteiger partial charge on any atom is 0.456 e. The lowest BCUT2D eigenvalue weighted by Gasteiger charge is -2.24. The summed E-state index contributed by atoms with van der Waals surface area (Å²) in [4.78, 5) is 0. The Balaban J connectivity index is 3.11. The molecular formula is C7H3Cl2F5OS. The highest BCUT2D eigenvalue weighted by atomic mass is 35.5. The molecule has 0 saturated carbocycles. The Bertz CT molecular complexity index is 389. The maximum absolute atomic E-state index is 12.7. The van der Waals surface area contributed by atoms with Gasteiger partial charge in [-0.05, 0) is 6.07 Å². The molecule has 1 unspecified atom stereocenters. The molecule has 1 N–H and O–H groups in total. The van der Waals surface area contributed by atoms with E-state index in [1.807, 2.05) is 0 Å². The quantitative estimate of drug-likeness (QED) is 0.808. The van der Waals surface area contributed by atoms with Crippen LogP contribution in [0.15, 0.2) is 6.07 Å². The van der Waals surface area contributed by atoms with Crippen LogP contribution >= 0.6 is 34.5 Å². The van der Waals surface area contributed by atoms with E-state index in [1.165, 1.54) is 0 Å². The summed E-state index contributed by atoms with van der Waals surface area (Å²) >= 11 is 11.3. The zero-order valence-corrected chi connectivity index (χ0v) is 9.48. The highest BCUT2D eigenvalue weighted by molar-refractivity contribution is 7.20. The molecule has 0 aromatic carbocycles. The minimum absolute atomic E-state index is 0.0861. The molecule has 1 atom stereocenters. The van der Waals surface area contributed by atoms with Gasteiger partial charge < -0.3 is 5.11 Å². The summed E-state index contributed by atoms with van der Waals surface area (Å²) in [5.74, 6) is -5.28. The molecule has 1 nitrogen and oxygen atoms in total. The van der Waals surface area contributed by atoms with E-state index in [-0.39, 0.29) is 4.34 Å². The second kappa shape index (κ2) is 4.29. The Kier molecular flexibility index (Phi) is 3.74. The molecule has 0 saturated heterocycles. The van der Waals surface area contributed by atoms with Crippen molar-refractivity contribution in [1.82, 2.24) is 0 Å². The SMILES string of the molecule is OC(c1cc(Cl)sc1Cl)C(F)(F)C(F)(F)F. The van der Waals surface area contributed by atoms with E-state index in [9.17, 15) is 22.0 Å². The zero-order valence-electron chi connectivity index (χ0n) is 7.16. The molecule has 1 aromatic heterocycles. The van der Waals surface area contributed by atoms with Crippen molar-refractivity contribution < 1.29 is 27.1 Å². The van der Waals surface area contributed by atoms with Crippen LogP contribution in [-0.2, 0) is 0 Å². The first-order valence-corrected chi connectivity index (χ1v) is 5.22. The first kappa shape index (κ1) is 14.0. The van der Waals surface area contributed by atoms with Gasteiger partial charge in [0.15, 0.2) is 6.10 Å². The first-order valence-electron chi connectivity index (χ1n) is 3.64. The van der Waals surface area contributed by atoms with Crippen molar-refractivity contribution in [2.75, 3.05) is 0 Å². The highest BCUT2D eigenvalue weighted by Crippen LogP contribution is 2.47. The summed E-state index contributed by atoms with van der Waals surface area (Å²) in [6, 6.07) is 0.777. The van der Waals surface area contributed by atoms with Crippen molar-refractivity contribution in [3.63, 3.8) is 0 Å². The number of hydrogen-bond donors (Lipinski definition) is 1. The van der Waals surface area contributed by atoms with Crippen LogP contribution in [0.25, 0.3) is 0 Å². The number of rotatable bonds is 2. The van der Waals surface area contributed by atoms with Crippen LogP contribution in [0.5, 0.6) is 0 Å². The third-order valence-electron chi connectivity index (χ3n) is 1.70. The van der Waals surface area contributed by atoms with Gasteiger partial charge in [0.25, 0.3) is 0 Å². The van der Waals surface area contributed by atoms with Crippen molar-refractivity contribution in [1.29, 1.82) is 0 Å². The number of aliphatic hydroxyl groups excluding tert-OH is 1. The lowest BCUT2D eigenvalue weighted by Crippen LogP contribution is -2.42. The largest absolute Gasteiger partial charge is 0.456 e. The minimum atomic E-state index is -5.86. The van der Waals surface area contributed by atoms with Crippen LogP contribution in [0.3, 0.4) is 0 Å². The van der Waals surface area contributed by atoms with Crippen molar-refractivity contribution in [3.8, 4) is 0 Å². The Morgan fingerprint density at radius 2 is 1.69 bits per heavy atom. The van der Waals surface area contributed by atoms with Crippen molar-refractivity contribution >= 4 is 34.5 Å². The van der Waals surface area contributed by atoms with Gasteiger partial charge in [-0.25, -0.2) is 0 Å². The van der Waals surface area contributed by atoms with Crippen LogP contribution in [0, 0.1) is 0 Å². The van der Waals surface area contributed by atoms with E-state index < -0.39 is 28.1 Å². The fourth-order valence-corrected chi connectivity index (χ4v) is 2.41. The molecule has 0 radical (unpaired) electrons. The third-order valence-corrected chi connectivity index (χ3v) is 3.22. The number of aliphatic hydroxyl groups is 1. The number of hydrogen-bond acceptors (Lipinski definition) is 2. The van der Waals surface area contributed by atoms with Crippen molar-refractivity contribution in [2.45, 2.75) is 18.2 Å². The number of halogens is 7. The Labute approximate surface area is 100 Å². The molecule has 9 heteroatoms. The monoisotopic (exact) mass is 300 g/mol. The summed E-state index contributed by atoms with van der Waals surface area (Å²) < 4.78 is 60.7. The highest BCUT2D eigenvalue weighted by Gasteiger charge is 2.63. The van der Waals surface area contributed by atoms with E-state index in [2.05, 4.69) is 0 Å². The summed E-state index contributed by atoms with van der Waals surface area (Å²) in [6.45, 7) is 0. The molecule has 0 aliphatic carbocycles. The summed E-state index contributed by atoms with van der Waals surface area (Å²) in [5.41, 5.74) is -0.737. The minimum Gasteiger partial charge on any atom is -0.382 e. The van der Waals surface area contributed by atoms with Gasteiger partial charge in [0.1, 0.15) is 4.34 Å². The summed E-state index contributed by atoms with van der Waals surface area (Å²) in [5, 5.41) is 8.97. The zero-order chi connectivity index (χ0) is 12.7. The molecule has 0 aliphatic heterocycles. The molecule has 0 fully saturated rings. The molecule has 1 rings (SSSR count). The Morgan fingerprint density at radius 1 is 1.19 bits per heavy atom. The van der Waals surface area contributed by atoms with E-state index in [1.54, 1.807) is 0 Å². The molecule has 0 bridgehead atoms. The average molecular weight is 301 g/mol. The Morgan fingerprint density at radius 3 is 2.00 bits per heavy atom. The second-order valence-electron chi connectivity index (χ2n) is 2.80. The van der Waals surface area contributed by atoms with E-state index in [4.69, 9.17) is 28.3 Å². The van der Waals surface area contributed by atoms with Crippen LogP contribution in [0.4, 0.5) is 22.0 Å². The van der Waals surface area contributed by atoms with Crippen LogP contribution in [0.2, 0.25) is 8.67 Å². The molecule has 1 heterocycles. The number of alkyl halides is 5. The van der Waals surface area contributed by atoms with Gasteiger partial charge in [-0.3, -0.25) is 0 Å². The average Bonchev–Trinajstić information content (AvgIpc) is 2.41.